The molecule has 0 saturated heterocycles. The van der Waals surface area contributed by atoms with Crippen molar-refractivity contribution in [2.24, 2.45) is 12.0 Å². The first kappa shape index (κ1) is 20.7. The Morgan fingerprint density at radius 1 is 1.30 bits per heavy atom. The minimum absolute atomic E-state index is 0.0126. The summed E-state index contributed by atoms with van der Waals surface area (Å²) >= 11 is 0. The molecule has 2 aromatic rings. The molecule has 0 aliphatic rings. The number of alkyl halides is 3. The van der Waals surface area contributed by atoms with Gasteiger partial charge in [-0.3, -0.25) is 0 Å². The fraction of sp³-hybridized carbons (Fsp3) is 0.500. The Bertz CT molecular complexity index is 754. The number of benzene rings is 1. The molecule has 0 amide bonds. The summed E-state index contributed by atoms with van der Waals surface area (Å²) in [6, 6.07) is 5.50. The van der Waals surface area contributed by atoms with Gasteiger partial charge in [0.2, 0.25) is 0 Å². The van der Waals surface area contributed by atoms with Crippen LogP contribution in [-0.4, -0.2) is 33.8 Å². The topological polar surface area (TPSA) is 67.1 Å². The second kappa shape index (κ2) is 9.38. The molecule has 9 heteroatoms. The summed E-state index contributed by atoms with van der Waals surface area (Å²) in [4.78, 5) is 4.46. The van der Waals surface area contributed by atoms with Crippen molar-refractivity contribution < 1.29 is 13.2 Å². The number of rotatable bonds is 7. The van der Waals surface area contributed by atoms with Crippen LogP contribution in [0.25, 0.3) is 0 Å². The quantitative estimate of drug-likeness (QED) is 0.571. The Hall–Kier alpha value is -2.58. The van der Waals surface area contributed by atoms with Crippen LogP contribution >= 0.6 is 0 Å². The van der Waals surface area contributed by atoms with E-state index >= 15 is 0 Å². The van der Waals surface area contributed by atoms with Gasteiger partial charge in [-0.2, -0.15) is 13.2 Å². The highest BCUT2D eigenvalue weighted by molar-refractivity contribution is 5.79. The lowest BCUT2D eigenvalue weighted by Gasteiger charge is -2.16. The predicted molar refractivity (Wildman–Crippen MR) is 98.3 cm³/mol. The lowest BCUT2D eigenvalue weighted by Crippen LogP contribution is -2.38. The zero-order chi connectivity index (χ0) is 19.9. The molecule has 148 valence electrons. The minimum atomic E-state index is -4.32. The number of halogens is 3. The normalized spacial score (nSPS) is 13.5. The molecule has 2 rings (SSSR count). The molecule has 0 radical (unpaired) electrons. The minimum Gasteiger partial charge on any atom is -0.357 e. The third-order valence-electron chi connectivity index (χ3n) is 4.18. The van der Waals surface area contributed by atoms with Crippen LogP contribution in [0.2, 0.25) is 0 Å². The highest BCUT2D eigenvalue weighted by Crippen LogP contribution is 2.31. The number of aryl methyl sites for hydroxylation is 1. The Balaban J connectivity index is 1.91. The molecule has 0 aliphatic carbocycles. The van der Waals surface area contributed by atoms with E-state index in [0.717, 1.165) is 11.9 Å². The lowest BCUT2D eigenvalue weighted by atomic mass is 9.96. The zero-order valence-corrected chi connectivity index (χ0v) is 15.7. The lowest BCUT2D eigenvalue weighted by molar-refractivity contribution is -0.137. The van der Waals surface area contributed by atoms with Gasteiger partial charge < -0.3 is 15.2 Å². The van der Waals surface area contributed by atoms with Gasteiger partial charge in [-0.25, -0.2) is 4.99 Å². The van der Waals surface area contributed by atoms with Gasteiger partial charge in [-0.15, -0.1) is 10.2 Å². The average molecular weight is 382 g/mol. The standard InChI is InChI=1S/C18H25F3N6/c1-4-22-17(24-11-16-26-25-12-27(16)3)23-9-8-13(2)14-6-5-7-15(10-14)18(19,20)21/h5-7,10,12-13H,4,8-9,11H2,1-3H3,(H2,22,23,24). The number of aliphatic imine (C=N–C) groups is 1. The first-order chi connectivity index (χ1) is 12.8. The number of hydrogen-bond donors (Lipinski definition) is 2. The highest BCUT2D eigenvalue weighted by Gasteiger charge is 2.30. The molecular weight excluding hydrogens is 357 g/mol. The van der Waals surface area contributed by atoms with Crippen LogP contribution in [0.5, 0.6) is 0 Å². The van der Waals surface area contributed by atoms with Gasteiger partial charge >= 0.3 is 6.18 Å². The van der Waals surface area contributed by atoms with Crippen LogP contribution in [0.4, 0.5) is 13.2 Å². The van der Waals surface area contributed by atoms with Crippen LogP contribution in [0, 0.1) is 0 Å². The molecule has 6 nitrogen and oxygen atoms in total. The molecule has 0 bridgehead atoms. The molecule has 0 aliphatic heterocycles. The Morgan fingerprint density at radius 2 is 2.07 bits per heavy atom. The van der Waals surface area contributed by atoms with Gasteiger partial charge in [-0.1, -0.05) is 25.1 Å². The van der Waals surface area contributed by atoms with E-state index < -0.39 is 11.7 Å². The number of guanidine groups is 1. The van der Waals surface area contributed by atoms with Crippen LogP contribution in [0.3, 0.4) is 0 Å². The van der Waals surface area contributed by atoms with Crippen molar-refractivity contribution in [1.82, 2.24) is 25.4 Å². The monoisotopic (exact) mass is 382 g/mol. The summed E-state index contributed by atoms with van der Waals surface area (Å²) < 4.78 is 40.4. The van der Waals surface area contributed by atoms with Crippen molar-refractivity contribution in [3.8, 4) is 0 Å². The Labute approximate surface area is 156 Å². The van der Waals surface area contributed by atoms with Crippen molar-refractivity contribution in [3.63, 3.8) is 0 Å². The molecular formula is C18H25F3N6. The van der Waals surface area contributed by atoms with E-state index in [2.05, 4.69) is 25.8 Å². The first-order valence-corrected chi connectivity index (χ1v) is 8.83. The average Bonchev–Trinajstić information content (AvgIpc) is 3.04. The Kier molecular flexibility index (Phi) is 7.20. The predicted octanol–water partition coefficient (Wildman–Crippen LogP) is 3.08. The number of aromatic nitrogens is 3. The van der Waals surface area contributed by atoms with Gasteiger partial charge in [0.05, 0.1) is 5.56 Å². The molecule has 1 heterocycles. The third kappa shape index (κ3) is 6.26. The fourth-order valence-corrected chi connectivity index (χ4v) is 2.54. The maximum atomic E-state index is 12.9. The summed E-state index contributed by atoms with van der Waals surface area (Å²) in [5, 5.41) is 14.1. The SMILES string of the molecule is CCNC(=NCc1nncn1C)NCCC(C)c1cccc(C(F)(F)F)c1. The van der Waals surface area contributed by atoms with E-state index in [4.69, 9.17) is 0 Å². The van der Waals surface area contributed by atoms with E-state index in [-0.39, 0.29) is 5.92 Å². The number of hydrogen-bond acceptors (Lipinski definition) is 3. The maximum absolute atomic E-state index is 12.9. The second-order valence-electron chi connectivity index (χ2n) is 6.29. The van der Waals surface area contributed by atoms with Crippen LogP contribution in [0.15, 0.2) is 35.6 Å². The summed E-state index contributed by atoms with van der Waals surface area (Å²) in [5.74, 6) is 1.36. The van der Waals surface area contributed by atoms with E-state index in [9.17, 15) is 13.2 Å². The summed E-state index contributed by atoms with van der Waals surface area (Å²) in [5.41, 5.74) is 0.0611. The molecule has 0 saturated carbocycles. The highest BCUT2D eigenvalue weighted by atomic mass is 19.4. The molecule has 1 unspecified atom stereocenters. The van der Waals surface area contributed by atoms with Crippen LogP contribution in [-0.2, 0) is 19.8 Å². The maximum Gasteiger partial charge on any atom is 0.416 e. The molecule has 1 aromatic heterocycles. The van der Waals surface area contributed by atoms with Gasteiger partial charge in [0.25, 0.3) is 0 Å². The second-order valence-corrected chi connectivity index (χ2v) is 6.29. The van der Waals surface area contributed by atoms with Gasteiger partial charge in [0, 0.05) is 20.1 Å². The van der Waals surface area contributed by atoms with E-state index in [1.54, 1.807) is 17.0 Å². The van der Waals surface area contributed by atoms with E-state index in [1.807, 2.05) is 20.9 Å². The molecule has 27 heavy (non-hydrogen) atoms. The van der Waals surface area contributed by atoms with E-state index in [0.29, 0.717) is 37.6 Å². The smallest absolute Gasteiger partial charge is 0.357 e. The molecule has 0 fully saturated rings. The van der Waals surface area contributed by atoms with Crippen molar-refractivity contribution in [3.05, 3.63) is 47.5 Å². The summed E-state index contributed by atoms with van der Waals surface area (Å²) in [6.07, 6.45) is -2.03. The van der Waals surface area contributed by atoms with Crippen molar-refractivity contribution in [1.29, 1.82) is 0 Å². The molecule has 1 atom stereocenters. The van der Waals surface area contributed by atoms with Gasteiger partial charge in [0.1, 0.15) is 12.9 Å². The first-order valence-electron chi connectivity index (χ1n) is 8.83. The largest absolute Gasteiger partial charge is 0.416 e. The molecule has 1 aromatic carbocycles. The van der Waals surface area contributed by atoms with E-state index in [1.165, 1.54) is 12.1 Å². The summed E-state index contributed by atoms with van der Waals surface area (Å²) in [7, 11) is 1.85. The third-order valence-corrected chi connectivity index (χ3v) is 4.18. The van der Waals surface area contributed by atoms with Crippen molar-refractivity contribution >= 4 is 5.96 Å². The molecule has 2 N–H and O–H groups in total. The van der Waals surface area contributed by atoms with Crippen LogP contribution < -0.4 is 10.6 Å². The molecule has 0 spiro atoms. The van der Waals surface area contributed by atoms with Crippen LogP contribution in [0.1, 0.15) is 43.1 Å². The summed E-state index contributed by atoms with van der Waals surface area (Å²) in [6.45, 7) is 5.55. The van der Waals surface area contributed by atoms with Gasteiger partial charge in [0.15, 0.2) is 11.8 Å². The zero-order valence-electron chi connectivity index (χ0n) is 15.7. The van der Waals surface area contributed by atoms with Crippen molar-refractivity contribution in [2.75, 3.05) is 13.1 Å². The number of nitrogens with one attached hydrogen (secondary N) is 2. The number of nitrogens with zero attached hydrogens (tertiary/aromatic N) is 4. The van der Waals surface area contributed by atoms with Crippen molar-refractivity contribution in [2.45, 2.75) is 38.9 Å². The fourth-order valence-electron chi connectivity index (χ4n) is 2.54. The van der Waals surface area contributed by atoms with Gasteiger partial charge in [-0.05, 0) is 30.9 Å². The Morgan fingerprint density at radius 3 is 2.70 bits per heavy atom.